The van der Waals surface area contributed by atoms with Crippen LogP contribution in [0.3, 0.4) is 0 Å². The van der Waals surface area contributed by atoms with Gasteiger partial charge in [-0.25, -0.2) is 8.42 Å². The number of carbonyl (C=O) groups excluding carboxylic acids is 2. The quantitative estimate of drug-likeness (QED) is 0.789. The van der Waals surface area contributed by atoms with Gasteiger partial charge in [0.25, 0.3) is 15.9 Å². The summed E-state index contributed by atoms with van der Waals surface area (Å²) in [7, 11) is -2.20. The van der Waals surface area contributed by atoms with Gasteiger partial charge in [0.05, 0.1) is 10.6 Å². The predicted octanol–water partition coefficient (Wildman–Crippen LogP) is 2.47. The van der Waals surface area contributed by atoms with E-state index in [0.29, 0.717) is 42.7 Å². The molecule has 1 aliphatic heterocycles. The number of nitrogens with two attached hydrogens (primary N) is 1. The molecule has 160 valence electrons. The van der Waals surface area contributed by atoms with Crippen LogP contribution in [0, 0.1) is 19.8 Å². The van der Waals surface area contributed by atoms with Crippen LogP contribution in [-0.2, 0) is 14.8 Å². The Morgan fingerprint density at radius 2 is 1.63 bits per heavy atom. The van der Waals surface area contributed by atoms with Crippen molar-refractivity contribution in [2.45, 2.75) is 31.6 Å². The molecule has 3 rings (SSSR count). The molecule has 0 spiro atoms. The molecule has 1 heterocycles. The van der Waals surface area contributed by atoms with Crippen LogP contribution < -0.4 is 10.0 Å². The fourth-order valence-electron chi connectivity index (χ4n) is 3.69. The molecule has 7 nitrogen and oxygen atoms in total. The highest BCUT2D eigenvalue weighted by molar-refractivity contribution is 7.92. The molecular weight excluding hydrogens is 402 g/mol. The maximum absolute atomic E-state index is 13.0. The number of nitrogens with zero attached hydrogens (tertiary/aromatic N) is 2. The van der Waals surface area contributed by atoms with Gasteiger partial charge >= 0.3 is 0 Å². The largest absolute Gasteiger partial charge is 0.369 e. The molecule has 0 bridgehead atoms. The molecule has 0 radical (unpaired) electrons. The number of primary amides is 1. The monoisotopic (exact) mass is 429 g/mol. The highest BCUT2D eigenvalue weighted by Crippen LogP contribution is 2.27. The van der Waals surface area contributed by atoms with Gasteiger partial charge in [-0.2, -0.15) is 0 Å². The third-order valence-corrected chi connectivity index (χ3v) is 7.43. The van der Waals surface area contributed by atoms with E-state index in [1.807, 2.05) is 6.92 Å². The number of piperidine rings is 1. The zero-order valence-electron chi connectivity index (χ0n) is 17.5. The fraction of sp³-hybridized carbons (Fsp3) is 0.364. The van der Waals surface area contributed by atoms with Crippen LogP contribution in [0.25, 0.3) is 0 Å². The Balaban J connectivity index is 1.79. The Bertz CT molecular complexity index is 1060. The average Bonchev–Trinajstić information content (AvgIpc) is 2.73. The number of rotatable bonds is 5. The van der Waals surface area contributed by atoms with E-state index in [4.69, 9.17) is 5.73 Å². The summed E-state index contributed by atoms with van der Waals surface area (Å²) in [5.41, 5.74) is 8.03. The molecular formula is C22H27N3O4S. The van der Waals surface area contributed by atoms with Gasteiger partial charge in [0.2, 0.25) is 5.91 Å². The molecule has 0 aromatic heterocycles. The average molecular weight is 430 g/mol. The summed E-state index contributed by atoms with van der Waals surface area (Å²) >= 11 is 0. The second-order valence-corrected chi connectivity index (χ2v) is 9.72. The van der Waals surface area contributed by atoms with E-state index >= 15 is 0 Å². The number of likely N-dealkylation sites (tertiary alicyclic amines) is 1. The van der Waals surface area contributed by atoms with E-state index in [9.17, 15) is 18.0 Å². The highest BCUT2D eigenvalue weighted by Gasteiger charge is 2.27. The summed E-state index contributed by atoms with van der Waals surface area (Å²) in [6.07, 6.45) is 1.13. The zero-order valence-corrected chi connectivity index (χ0v) is 18.3. The lowest BCUT2D eigenvalue weighted by Gasteiger charge is -2.31. The molecule has 1 fully saturated rings. The van der Waals surface area contributed by atoms with Crippen LogP contribution in [0.1, 0.15) is 34.3 Å². The van der Waals surface area contributed by atoms with Crippen LogP contribution in [0.5, 0.6) is 0 Å². The Hall–Kier alpha value is -2.87. The smallest absolute Gasteiger partial charge is 0.264 e. The van der Waals surface area contributed by atoms with Crippen molar-refractivity contribution in [2.75, 3.05) is 24.4 Å². The number of carbonyl (C=O) groups is 2. The van der Waals surface area contributed by atoms with Gasteiger partial charge in [-0.3, -0.25) is 13.9 Å². The number of aryl methyl sites for hydroxylation is 2. The topological polar surface area (TPSA) is 101 Å². The van der Waals surface area contributed by atoms with Crippen molar-refractivity contribution < 1.29 is 18.0 Å². The minimum atomic E-state index is -3.70. The first kappa shape index (κ1) is 21.8. The second-order valence-electron chi connectivity index (χ2n) is 7.76. The van der Waals surface area contributed by atoms with Gasteiger partial charge in [0.15, 0.2) is 0 Å². The standard InChI is InChI=1S/C22H27N3O4S/c1-15-4-7-19(8-5-15)30(28,29)24(3)20-9-6-18(14-16(20)2)22(27)25-12-10-17(11-13-25)21(23)26/h4-9,14,17H,10-13H2,1-3H3,(H2,23,26). The van der Waals surface area contributed by atoms with Crippen LogP contribution in [-0.4, -0.2) is 45.3 Å². The van der Waals surface area contributed by atoms with E-state index in [0.717, 1.165) is 5.56 Å². The van der Waals surface area contributed by atoms with E-state index in [1.165, 1.54) is 11.4 Å². The molecule has 2 N–H and O–H groups in total. The summed E-state index contributed by atoms with van der Waals surface area (Å²) in [5, 5.41) is 0. The van der Waals surface area contributed by atoms with Crippen molar-refractivity contribution in [3.63, 3.8) is 0 Å². The van der Waals surface area contributed by atoms with Crippen molar-refractivity contribution in [3.05, 3.63) is 59.2 Å². The third kappa shape index (κ3) is 4.33. The lowest BCUT2D eigenvalue weighted by atomic mass is 9.95. The number of hydrogen-bond acceptors (Lipinski definition) is 4. The second kappa shape index (κ2) is 8.47. The summed E-state index contributed by atoms with van der Waals surface area (Å²) in [6.45, 7) is 4.65. The van der Waals surface area contributed by atoms with Gasteiger partial charge in [-0.15, -0.1) is 0 Å². The van der Waals surface area contributed by atoms with Gasteiger partial charge in [-0.05, 0) is 62.6 Å². The van der Waals surface area contributed by atoms with Crippen molar-refractivity contribution in [3.8, 4) is 0 Å². The maximum atomic E-state index is 13.0. The van der Waals surface area contributed by atoms with Gasteiger partial charge in [0.1, 0.15) is 0 Å². The Labute approximate surface area is 177 Å². The number of hydrogen-bond donors (Lipinski definition) is 1. The van der Waals surface area contributed by atoms with Gasteiger partial charge in [0, 0.05) is 31.6 Å². The van der Waals surface area contributed by atoms with E-state index in [-0.39, 0.29) is 22.6 Å². The Morgan fingerprint density at radius 3 is 2.17 bits per heavy atom. The summed E-state index contributed by atoms with van der Waals surface area (Å²) in [4.78, 5) is 26.1. The maximum Gasteiger partial charge on any atom is 0.264 e. The number of sulfonamides is 1. The summed E-state index contributed by atoms with van der Waals surface area (Å²) < 4.78 is 27.2. The molecule has 2 aromatic rings. The molecule has 2 aromatic carbocycles. The van der Waals surface area contributed by atoms with Crippen molar-refractivity contribution in [2.24, 2.45) is 11.7 Å². The molecule has 2 amide bonds. The molecule has 1 aliphatic rings. The van der Waals surface area contributed by atoms with Crippen LogP contribution in [0.15, 0.2) is 47.4 Å². The molecule has 0 saturated carbocycles. The predicted molar refractivity (Wildman–Crippen MR) is 116 cm³/mol. The first-order valence-electron chi connectivity index (χ1n) is 9.86. The minimum Gasteiger partial charge on any atom is -0.369 e. The van der Waals surface area contributed by atoms with Crippen LogP contribution in [0.2, 0.25) is 0 Å². The normalized spacial score (nSPS) is 15.1. The first-order chi connectivity index (χ1) is 14.1. The lowest BCUT2D eigenvalue weighted by molar-refractivity contribution is -0.123. The summed E-state index contributed by atoms with van der Waals surface area (Å²) in [5.74, 6) is -0.629. The van der Waals surface area contributed by atoms with Crippen LogP contribution in [0.4, 0.5) is 5.69 Å². The first-order valence-corrected chi connectivity index (χ1v) is 11.3. The Morgan fingerprint density at radius 1 is 1.03 bits per heavy atom. The molecule has 30 heavy (non-hydrogen) atoms. The van der Waals surface area contributed by atoms with E-state index in [1.54, 1.807) is 54.3 Å². The SMILES string of the molecule is Cc1ccc(S(=O)(=O)N(C)c2ccc(C(=O)N3CCC(C(N)=O)CC3)cc2C)cc1. The highest BCUT2D eigenvalue weighted by atomic mass is 32.2. The van der Waals surface area contributed by atoms with Gasteiger partial charge < -0.3 is 10.6 Å². The zero-order chi connectivity index (χ0) is 22.1. The number of anilines is 1. The van der Waals surface area contributed by atoms with Crippen molar-refractivity contribution in [1.29, 1.82) is 0 Å². The molecule has 0 aliphatic carbocycles. The third-order valence-electron chi connectivity index (χ3n) is 5.65. The van der Waals surface area contributed by atoms with Crippen LogP contribution >= 0.6 is 0 Å². The molecule has 0 atom stereocenters. The fourth-order valence-corrected chi connectivity index (χ4v) is 4.95. The Kier molecular flexibility index (Phi) is 6.17. The lowest BCUT2D eigenvalue weighted by Crippen LogP contribution is -2.41. The summed E-state index contributed by atoms with van der Waals surface area (Å²) in [6, 6.07) is 11.7. The minimum absolute atomic E-state index is 0.128. The van der Waals surface area contributed by atoms with E-state index in [2.05, 4.69) is 0 Å². The van der Waals surface area contributed by atoms with Crippen molar-refractivity contribution >= 4 is 27.5 Å². The molecule has 1 saturated heterocycles. The van der Waals surface area contributed by atoms with E-state index < -0.39 is 10.0 Å². The van der Waals surface area contributed by atoms with Gasteiger partial charge in [-0.1, -0.05) is 17.7 Å². The molecule has 8 heteroatoms. The number of benzene rings is 2. The molecule has 0 unspecified atom stereocenters. The van der Waals surface area contributed by atoms with Crippen molar-refractivity contribution in [1.82, 2.24) is 4.90 Å². The number of amides is 2.